The van der Waals surface area contributed by atoms with Gasteiger partial charge in [-0.1, -0.05) is 56.3 Å². The summed E-state index contributed by atoms with van der Waals surface area (Å²) in [5, 5.41) is 0. The number of nitrogens with two attached hydrogens (primary N) is 1. The van der Waals surface area contributed by atoms with E-state index in [0.29, 0.717) is 5.70 Å². The van der Waals surface area contributed by atoms with Gasteiger partial charge < -0.3 is 10.6 Å². The Bertz CT molecular complexity index is 793. The molecule has 1 saturated carbocycles. The van der Waals surface area contributed by atoms with Crippen LogP contribution >= 0.6 is 0 Å². The highest BCUT2D eigenvalue weighted by Gasteiger charge is 2.27. The van der Waals surface area contributed by atoms with Gasteiger partial charge in [-0.2, -0.15) is 0 Å². The fourth-order valence-electron chi connectivity index (χ4n) is 5.00. The summed E-state index contributed by atoms with van der Waals surface area (Å²) in [6.45, 7) is 10.8. The topological polar surface area (TPSA) is 32.5 Å². The van der Waals surface area contributed by atoms with Crippen LogP contribution in [0.1, 0.15) is 44.6 Å². The molecule has 0 atom stereocenters. The zero-order valence-corrected chi connectivity index (χ0v) is 17.8. The molecule has 29 heavy (non-hydrogen) atoms. The first-order chi connectivity index (χ1) is 14.1. The van der Waals surface area contributed by atoms with E-state index in [0.717, 1.165) is 30.6 Å². The predicted molar refractivity (Wildman–Crippen MR) is 125 cm³/mol. The highest BCUT2D eigenvalue weighted by atomic mass is 15.3. The molecule has 1 aliphatic carbocycles. The fraction of sp³-hybridized carbons (Fsp3) is 0.462. The molecule has 0 radical (unpaired) electrons. The number of rotatable bonds is 5. The SMILES string of the molecule is C=C(N)c1ccc(-c2ccc(N3CCN(C4CCC(CC)CC4)CC3)cc2)cc1. The Morgan fingerprint density at radius 2 is 1.41 bits per heavy atom. The smallest absolute Gasteiger partial charge is 0.0367 e. The van der Waals surface area contributed by atoms with Gasteiger partial charge in [0.25, 0.3) is 0 Å². The van der Waals surface area contributed by atoms with Gasteiger partial charge >= 0.3 is 0 Å². The molecule has 3 nitrogen and oxygen atoms in total. The Balaban J connectivity index is 1.33. The van der Waals surface area contributed by atoms with Gasteiger partial charge in [0.2, 0.25) is 0 Å². The summed E-state index contributed by atoms with van der Waals surface area (Å²) in [5.41, 5.74) is 11.2. The Morgan fingerprint density at radius 3 is 1.93 bits per heavy atom. The van der Waals surface area contributed by atoms with Gasteiger partial charge in [-0.05, 0) is 60.4 Å². The van der Waals surface area contributed by atoms with Crippen molar-refractivity contribution in [1.82, 2.24) is 4.90 Å². The Kier molecular flexibility index (Phi) is 6.25. The number of piperazine rings is 1. The average molecular weight is 390 g/mol. The second kappa shape index (κ2) is 9.04. The zero-order valence-electron chi connectivity index (χ0n) is 17.8. The average Bonchev–Trinajstić information content (AvgIpc) is 2.79. The van der Waals surface area contributed by atoms with Crippen molar-refractivity contribution in [2.45, 2.75) is 45.1 Å². The maximum Gasteiger partial charge on any atom is 0.0367 e. The summed E-state index contributed by atoms with van der Waals surface area (Å²) < 4.78 is 0. The molecule has 1 heterocycles. The van der Waals surface area contributed by atoms with E-state index in [9.17, 15) is 0 Å². The van der Waals surface area contributed by atoms with E-state index >= 15 is 0 Å². The van der Waals surface area contributed by atoms with Crippen molar-refractivity contribution in [2.75, 3.05) is 31.1 Å². The molecule has 0 unspecified atom stereocenters. The first kappa shape index (κ1) is 20.0. The van der Waals surface area contributed by atoms with Crippen LogP contribution in [0.25, 0.3) is 16.8 Å². The summed E-state index contributed by atoms with van der Waals surface area (Å²) >= 11 is 0. The summed E-state index contributed by atoms with van der Waals surface area (Å²) in [6.07, 6.45) is 7.04. The van der Waals surface area contributed by atoms with Crippen molar-refractivity contribution in [3.8, 4) is 11.1 Å². The van der Waals surface area contributed by atoms with Crippen LogP contribution in [0, 0.1) is 5.92 Å². The van der Waals surface area contributed by atoms with Crippen molar-refractivity contribution in [1.29, 1.82) is 0 Å². The molecule has 0 bridgehead atoms. The van der Waals surface area contributed by atoms with E-state index in [4.69, 9.17) is 5.73 Å². The maximum atomic E-state index is 5.77. The van der Waals surface area contributed by atoms with Crippen molar-refractivity contribution >= 4 is 11.4 Å². The van der Waals surface area contributed by atoms with Crippen molar-refractivity contribution < 1.29 is 0 Å². The number of hydrogen-bond acceptors (Lipinski definition) is 3. The minimum Gasteiger partial charge on any atom is -0.399 e. The molecule has 154 valence electrons. The number of hydrogen-bond donors (Lipinski definition) is 1. The van der Waals surface area contributed by atoms with Crippen LogP contribution in [0.3, 0.4) is 0 Å². The molecule has 0 aromatic heterocycles. The highest BCUT2D eigenvalue weighted by molar-refractivity contribution is 5.69. The maximum absolute atomic E-state index is 5.77. The molecular weight excluding hydrogens is 354 g/mol. The zero-order chi connectivity index (χ0) is 20.2. The second-order valence-corrected chi connectivity index (χ2v) is 8.76. The van der Waals surface area contributed by atoms with Crippen LogP contribution in [-0.2, 0) is 0 Å². The first-order valence-electron chi connectivity index (χ1n) is 11.3. The van der Waals surface area contributed by atoms with Gasteiger partial charge in [0.15, 0.2) is 0 Å². The van der Waals surface area contributed by atoms with E-state index in [2.05, 4.69) is 59.7 Å². The lowest BCUT2D eigenvalue weighted by Gasteiger charge is -2.42. The number of benzene rings is 2. The molecule has 3 heteroatoms. The Labute approximate surface area is 176 Å². The van der Waals surface area contributed by atoms with Gasteiger partial charge in [0, 0.05) is 43.6 Å². The predicted octanol–water partition coefficient (Wildman–Crippen LogP) is 5.37. The van der Waals surface area contributed by atoms with Crippen LogP contribution in [0.2, 0.25) is 0 Å². The minimum absolute atomic E-state index is 0.615. The monoisotopic (exact) mass is 389 g/mol. The third-order valence-electron chi connectivity index (χ3n) is 7.05. The standard InChI is InChI=1S/C26H35N3/c1-3-21-4-12-25(13-5-21)28-16-18-29(19-17-28)26-14-10-24(11-15-26)23-8-6-22(7-9-23)20(2)27/h6-11,14-15,21,25H,2-5,12-13,16-19,27H2,1H3. The summed E-state index contributed by atoms with van der Waals surface area (Å²) in [6, 6.07) is 18.2. The molecule has 0 spiro atoms. The Hall–Kier alpha value is -2.26. The highest BCUT2D eigenvalue weighted by Crippen LogP contribution is 2.31. The van der Waals surface area contributed by atoms with Crippen molar-refractivity contribution in [3.63, 3.8) is 0 Å². The molecule has 2 fully saturated rings. The third kappa shape index (κ3) is 4.67. The van der Waals surface area contributed by atoms with Crippen LogP contribution < -0.4 is 10.6 Å². The van der Waals surface area contributed by atoms with Crippen molar-refractivity contribution in [3.05, 3.63) is 60.7 Å². The third-order valence-corrected chi connectivity index (χ3v) is 7.05. The lowest BCUT2D eigenvalue weighted by atomic mass is 9.84. The van der Waals surface area contributed by atoms with E-state index < -0.39 is 0 Å². The van der Waals surface area contributed by atoms with E-state index in [-0.39, 0.29) is 0 Å². The number of anilines is 1. The molecule has 4 rings (SSSR count). The summed E-state index contributed by atoms with van der Waals surface area (Å²) in [7, 11) is 0. The van der Waals surface area contributed by atoms with Gasteiger partial charge in [-0.15, -0.1) is 0 Å². The second-order valence-electron chi connectivity index (χ2n) is 8.76. The molecular formula is C26H35N3. The first-order valence-corrected chi connectivity index (χ1v) is 11.3. The quantitative estimate of drug-likeness (QED) is 0.746. The van der Waals surface area contributed by atoms with Gasteiger partial charge in [0.1, 0.15) is 0 Å². The summed E-state index contributed by atoms with van der Waals surface area (Å²) in [4.78, 5) is 5.29. The van der Waals surface area contributed by atoms with Crippen LogP contribution in [0.5, 0.6) is 0 Å². The van der Waals surface area contributed by atoms with E-state index in [1.807, 2.05) is 12.1 Å². The molecule has 1 saturated heterocycles. The van der Waals surface area contributed by atoms with Gasteiger partial charge in [0.05, 0.1) is 0 Å². The summed E-state index contributed by atoms with van der Waals surface area (Å²) in [5.74, 6) is 0.983. The van der Waals surface area contributed by atoms with Gasteiger partial charge in [-0.25, -0.2) is 0 Å². The minimum atomic E-state index is 0.615. The van der Waals surface area contributed by atoms with E-state index in [1.165, 1.54) is 62.0 Å². The normalized spacial score (nSPS) is 23.1. The lowest BCUT2D eigenvalue weighted by Crippen LogP contribution is -2.51. The number of nitrogens with zero attached hydrogens (tertiary/aromatic N) is 2. The van der Waals surface area contributed by atoms with Crippen molar-refractivity contribution in [2.24, 2.45) is 11.7 Å². The molecule has 0 amide bonds. The molecule has 2 aromatic rings. The largest absolute Gasteiger partial charge is 0.399 e. The molecule has 2 aromatic carbocycles. The van der Waals surface area contributed by atoms with Crippen LogP contribution in [0.4, 0.5) is 5.69 Å². The van der Waals surface area contributed by atoms with Crippen LogP contribution in [-0.4, -0.2) is 37.1 Å². The van der Waals surface area contributed by atoms with Crippen LogP contribution in [0.15, 0.2) is 55.1 Å². The lowest BCUT2D eigenvalue weighted by molar-refractivity contribution is 0.128. The molecule has 1 aliphatic heterocycles. The fourth-order valence-corrected chi connectivity index (χ4v) is 5.00. The molecule has 2 N–H and O–H groups in total. The van der Waals surface area contributed by atoms with Gasteiger partial charge in [-0.3, -0.25) is 4.90 Å². The Morgan fingerprint density at radius 1 is 0.862 bits per heavy atom. The molecule has 2 aliphatic rings. The van der Waals surface area contributed by atoms with E-state index in [1.54, 1.807) is 0 Å².